The fourth-order valence-corrected chi connectivity index (χ4v) is 5.93. The van der Waals surface area contributed by atoms with E-state index in [-0.39, 0.29) is 5.91 Å². The van der Waals surface area contributed by atoms with Crippen LogP contribution in [0.2, 0.25) is 0 Å². The van der Waals surface area contributed by atoms with E-state index in [4.69, 9.17) is 14.2 Å². The van der Waals surface area contributed by atoms with Gasteiger partial charge in [-0.1, -0.05) is 6.07 Å². The highest BCUT2D eigenvalue weighted by atomic mass is 32.2. The van der Waals surface area contributed by atoms with Gasteiger partial charge in [0, 0.05) is 59.7 Å². The quantitative estimate of drug-likeness (QED) is 0.182. The number of nitrogens with zero attached hydrogens (tertiary/aromatic N) is 1. The summed E-state index contributed by atoms with van der Waals surface area (Å²) in [7, 11) is 1.76. The van der Waals surface area contributed by atoms with E-state index in [1.54, 1.807) is 7.11 Å². The van der Waals surface area contributed by atoms with Gasteiger partial charge in [0.25, 0.3) is 5.91 Å². The van der Waals surface area contributed by atoms with E-state index >= 15 is 0 Å². The lowest BCUT2D eigenvalue weighted by Gasteiger charge is -2.32. The van der Waals surface area contributed by atoms with Gasteiger partial charge in [-0.25, -0.2) is 0 Å². The predicted molar refractivity (Wildman–Crippen MR) is 158 cm³/mol. The average molecular weight is 552 g/mol. The first-order valence-corrected chi connectivity index (χ1v) is 15.1. The van der Waals surface area contributed by atoms with Crippen LogP contribution < -0.4 is 14.2 Å². The third-order valence-electron chi connectivity index (χ3n) is 7.60. The third kappa shape index (κ3) is 7.71. The van der Waals surface area contributed by atoms with Gasteiger partial charge in [0.1, 0.15) is 11.5 Å². The summed E-state index contributed by atoms with van der Waals surface area (Å²) in [6.07, 6.45) is 9.96. The summed E-state index contributed by atoms with van der Waals surface area (Å²) in [5.74, 6) is 1.68. The SMILES string of the molecule is COc1cc(C)c2[nH]ccc2c1CN1CCC(OCCCCCOc2cccc(C(=O)NSC3CC3)c2)CC1. The standard InChI is InChI=1S/C31H41N3O4S/c1-22-19-29(36-2)28(27-11-14-32-30(22)27)21-34-15-12-24(13-16-34)37-17-4-3-5-18-38-25-8-6-7-23(20-25)31(35)33-39-26-9-10-26/h6-8,11,14,19-20,24,26,32H,3-5,9-10,12-13,15-18,21H2,1-2H3,(H,33,35). The molecule has 2 aromatic carbocycles. The molecule has 8 heteroatoms. The molecule has 0 unspecified atom stereocenters. The van der Waals surface area contributed by atoms with Gasteiger partial charge < -0.3 is 19.2 Å². The van der Waals surface area contributed by atoms with Crippen molar-refractivity contribution in [3.8, 4) is 11.5 Å². The number of hydrogen-bond acceptors (Lipinski definition) is 6. The number of piperidine rings is 1. The van der Waals surface area contributed by atoms with Crippen molar-refractivity contribution >= 4 is 28.8 Å². The Morgan fingerprint density at radius 2 is 1.90 bits per heavy atom. The number of carbonyl (C=O) groups excluding carboxylic acids is 1. The van der Waals surface area contributed by atoms with Gasteiger partial charge >= 0.3 is 0 Å². The van der Waals surface area contributed by atoms with Crippen molar-refractivity contribution in [2.75, 3.05) is 33.4 Å². The Morgan fingerprint density at radius 3 is 2.69 bits per heavy atom. The maximum Gasteiger partial charge on any atom is 0.261 e. The number of unbranched alkanes of at least 4 members (excludes halogenated alkanes) is 2. The van der Waals surface area contributed by atoms with Crippen molar-refractivity contribution in [3.63, 3.8) is 0 Å². The lowest BCUT2D eigenvalue weighted by molar-refractivity contribution is 0.00407. The van der Waals surface area contributed by atoms with Gasteiger partial charge in [-0.2, -0.15) is 0 Å². The van der Waals surface area contributed by atoms with Crippen LogP contribution in [0.1, 0.15) is 66.4 Å². The van der Waals surface area contributed by atoms with Gasteiger partial charge in [0.2, 0.25) is 0 Å². The summed E-state index contributed by atoms with van der Waals surface area (Å²) in [6, 6.07) is 11.7. The molecule has 1 amide bonds. The van der Waals surface area contributed by atoms with Gasteiger partial charge in [0.05, 0.1) is 19.8 Å². The Labute approximate surface area is 236 Å². The highest BCUT2D eigenvalue weighted by molar-refractivity contribution is 7.98. The minimum absolute atomic E-state index is 0.0480. The van der Waals surface area contributed by atoms with Crippen LogP contribution in [0.15, 0.2) is 42.6 Å². The molecule has 0 bridgehead atoms. The number of nitrogens with one attached hydrogen (secondary N) is 2. The van der Waals surface area contributed by atoms with Crippen LogP contribution in [0.3, 0.4) is 0 Å². The van der Waals surface area contributed by atoms with Gasteiger partial charge in [-0.05, 0) is 99.7 Å². The molecule has 2 aliphatic rings. The fraction of sp³-hybridized carbons (Fsp3) is 0.516. The highest BCUT2D eigenvalue weighted by Crippen LogP contribution is 2.33. The summed E-state index contributed by atoms with van der Waals surface area (Å²) in [6.45, 7) is 6.55. The Hall–Kier alpha value is -2.68. The number of fused-ring (bicyclic) bond motifs is 1. The number of rotatable bonds is 14. The molecular formula is C31H41N3O4S. The number of likely N-dealkylation sites (tertiary alicyclic amines) is 1. The molecule has 0 atom stereocenters. The van der Waals surface area contributed by atoms with E-state index in [2.05, 4.69) is 33.7 Å². The maximum atomic E-state index is 12.3. The molecule has 0 radical (unpaired) electrons. The first kappa shape index (κ1) is 27.9. The van der Waals surface area contributed by atoms with Gasteiger partial charge in [-0.3, -0.25) is 14.4 Å². The first-order chi connectivity index (χ1) is 19.1. The molecule has 3 aromatic rings. The molecule has 1 aromatic heterocycles. The molecule has 1 saturated heterocycles. The van der Waals surface area contributed by atoms with Crippen molar-refractivity contribution in [1.29, 1.82) is 0 Å². The molecule has 2 heterocycles. The van der Waals surface area contributed by atoms with E-state index in [0.29, 0.717) is 23.5 Å². The highest BCUT2D eigenvalue weighted by Gasteiger charge is 2.24. The topological polar surface area (TPSA) is 75.8 Å². The van der Waals surface area contributed by atoms with E-state index in [9.17, 15) is 4.79 Å². The second kappa shape index (κ2) is 13.6. The van der Waals surface area contributed by atoms with Gasteiger partial charge in [0.15, 0.2) is 0 Å². The van der Waals surface area contributed by atoms with Crippen molar-refractivity contribution in [2.24, 2.45) is 0 Å². The van der Waals surface area contributed by atoms with E-state index < -0.39 is 0 Å². The van der Waals surface area contributed by atoms with Crippen LogP contribution in [-0.2, 0) is 11.3 Å². The molecule has 2 fully saturated rings. The van der Waals surface area contributed by atoms with Crippen LogP contribution in [0, 0.1) is 6.92 Å². The molecule has 39 heavy (non-hydrogen) atoms. The van der Waals surface area contributed by atoms with Crippen molar-refractivity contribution < 1.29 is 19.0 Å². The summed E-state index contributed by atoms with van der Waals surface area (Å²) in [4.78, 5) is 18.2. The summed E-state index contributed by atoms with van der Waals surface area (Å²) in [5, 5.41) is 1.85. The predicted octanol–water partition coefficient (Wildman–Crippen LogP) is 6.26. The van der Waals surface area contributed by atoms with Crippen LogP contribution in [0.5, 0.6) is 11.5 Å². The first-order valence-electron chi connectivity index (χ1n) is 14.3. The number of methoxy groups -OCH3 is 1. The summed E-state index contributed by atoms with van der Waals surface area (Å²) in [5.41, 5.74) is 4.33. The molecule has 1 aliphatic carbocycles. The lowest BCUT2D eigenvalue weighted by atomic mass is 10.0. The number of ether oxygens (including phenoxy) is 3. The summed E-state index contributed by atoms with van der Waals surface area (Å²) < 4.78 is 20.8. The number of hydrogen-bond donors (Lipinski definition) is 2. The number of amides is 1. The maximum absolute atomic E-state index is 12.3. The van der Waals surface area contributed by atoms with Crippen LogP contribution in [0.25, 0.3) is 10.9 Å². The number of aromatic nitrogens is 1. The molecule has 5 rings (SSSR count). The number of benzene rings is 2. The number of H-pyrrole nitrogens is 1. The Morgan fingerprint density at radius 1 is 1.08 bits per heavy atom. The van der Waals surface area contributed by atoms with Crippen LogP contribution in [-0.4, -0.2) is 60.6 Å². The number of aryl methyl sites for hydroxylation is 1. The van der Waals surface area contributed by atoms with Gasteiger partial charge in [-0.15, -0.1) is 0 Å². The largest absolute Gasteiger partial charge is 0.496 e. The van der Waals surface area contributed by atoms with Crippen molar-refractivity contribution in [3.05, 3.63) is 59.3 Å². The van der Waals surface area contributed by atoms with Crippen molar-refractivity contribution in [2.45, 2.75) is 69.8 Å². The smallest absolute Gasteiger partial charge is 0.261 e. The molecule has 2 N–H and O–H groups in total. The molecule has 0 spiro atoms. The monoisotopic (exact) mass is 551 g/mol. The molecule has 7 nitrogen and oxygen atoms in total. The van der Waals surface area contributed by atoms with E-state index in [1.807, 2.05) is 30.5 Å². The second-order valence-electron chi connectivity index (χ2n) is 10.7. The molecule has 1 saturated carbocycles. The molecular weight excluding hydrogens is 510 g/mol. The summed E-state index contributed by atoms with van der Waals surface area (Å²) >= 11 is 1.53. The number of aromatic amines is 1. The fourth-order valence-electron chi connectivity index (χ4n) is 5.17. The zero-order chi connectivity index (χ0) is 27.0. The third-order valence-corrected chi connectivity index (χ3v) is 8.71. The van der Waals surface area contributed by atoms with E-state index in [1.165, 1.54) is 46.8 Å². The van der Waals surface area contributed by atoms with Crippen LogP contribution in [0.4, 0.5) is 0 Å². The normalized spacial score (nSPS) is 16.5. The van der Waals surface area contributed by atoms with Crippen LogP contribution >= 0.6 is 11.9 Å². The second-order valence-corrected chi connectivity index (χ2v) is 11.8. The minimum Gasteiger partial charge on any atom is -0.496 e. The number of carbonyl (C=O) groups is 1. The average Bonchev–Trinajstić information content (AvgIpc) is 3.66. The minimum atomic E-state index is -0.0480. The molecule has 210 valence electrons. The lowest BCUT2D eigenvalue weighted by Crippen LogP contribution is -2.36. The zero-order valence-corrected chi connectivity index (χ0v) is 24.0. The van der Waals surface area contributed by atoms with E-state index in [0.717, 1.165) is 69.8 Å². The molecule has 1 aliphatic heterocycles. The van der Waals surface area contributed by atoms with Crippen molar-refractivity contribution in [1.82, 2.24) is 14.6 Å². The Bertz CT molecular complexity index is 1230. The Kier molecular flexibility index (Phi) is 9.71. The zero-order valence-electron chi connectivity index (χ0n) is 23.2. The Balaban J connectivity index is 0.953.